The molecule has 8 nitrogen and oxygen atoms in total. The number of aromatic nitrogens is 1. The number of amides is 1. The fraction of sp³-hybridized carbons (Fsp3) is 0.259. The van der Waals surface area contributed by atoms with Gasteiger partial charge < -0.3 is 13.9 Å². The summed E-state index contributed by atoms with van der Waals surface area (Å²) in [7, 11) is 0. The number of carbonyl (C=O) groups excluding carboxylic acids is 2. The Morgan fingerprint density at radius 3 is 2.62 bits per heavy atom. The molecule has 4 aromatic rings. The third-order valence-corrected chi connectivity index (χ3v) is 7.32. The van der Waals surface area contributed by atoms with Crippen molar-refractivity contribution in [2.24, 2.45) is 0 Å². The van der Waals surface area contributed by atoms with E-state index in [0.29, 0.717) is 33.5 Å². The second-order valence-electron chi connectivity index (χ2n) is 8.44. The molecule has 0 N–H and O–H groups in total. The van der Waals surface area contributed by atoms with Crippen LogP contribution in [0.1, 0.15) is 63.4 Å². The largest absolute Gasteiger partial charge is 0.494 e. The van der Waals surface area contributed by atoms with Crippen molar-refractivity contribution in [3.05, 3.63) is 85.2 Å². The van der Waals surface area contributed by atoms with E-state index in [1.807, 2.05) is 6.92 Å². The molecule has 0 radical (unpaired) electrons. The van der Waals surface area contributed by atoms with E-state index < -0.39 is 17.9 Å². The Balaban J connectivity index is 1.69. The van der Waals surface area contributed by atoms with Crippen molar-refractivity contribution in [3.63, 3.8) is 0 Å². The molecular weight excluding hydrogens is 516 g/mol. The van der Waals surface area contributed by atoms with E-state index in [9.17, 15) is 14.4 Å². The molecule has 0 saturated heterocycles. The van der Waals surface area contributed by atoms with Gasteiger partial charge in [-0.2, -0.15) is 0 Å². The quantitative estimate of drug-likeness (QED) is 0.269. The molecule has 10 heteroatoms. The zero-order valence-electron chi connectivity index (χ0n) is 20.4. The SMILES string of the molecule is CCCOc1ccc(C2c3c(oc4ccc(Cl)cc4c3=O)C(=O)N2c2nc(C)c(C(=O)OCC)s2)cc1. The number of halogens is 1. The fourth-order valence-corrected chi connectivity index (χ4v) is 5.45. The van der Waals surface area contributed by atoms with Crippen molar-refractivity contribution in [1.29, 1.82) is 0 Å². The lowest BCUT2D eigenvalue weighted by Crippen LogP contribution is -2.29. The van der Waals surface area contributed by atoms with Gasteiger partial charge in [-0.3, -0.25) is 14.5 Å². The number of nitrogens with zero attached hydrogens (tertiary/aromatic N) is 2. The summed E-state index contributed by atoms with van der Waals surface area (Å²) in [4.78, 5) is 46.2. The monoisotopic (exact) mass is 538 g/mol. The lowest BCUT2D eigenvalue weighted by atomic mass is 9.98. The molecule has 0 bridgehead atoms. The van der Waals surface area contributed by atoms with Crippen molar-refractivity contribution < 1.29 is 23.5 Å². The lowest BCUT2D eigenvalue weighted by molar-refractivity contribution is 0.0531. The average Bonchev–Trinajstić information content (AvgIpc) is 3.41. The summed E-state index contributed by atoms with van der Waals surface area (Å²) in [5.41, 5.74) is 1.18. The Hall–Kier alpha value is -3.69. The highest BCUT2D eigenvalue weighted by atomic mass is 35.5. The number of hydrogen-bond acceptors (Lipinski definition) is 8. The number of aryl methyl sites for hydroxylation is 1. The number of benzene rings is 2. The summed E-state index contributed by atoms with van der Waals surface area (Å²) in [6, 6.07) is 11.1. The van der Waals surface area contributed by atoms with Crippen LogP contribution in [0, 0.1) is 6.92 Å². The van der Waals surface area contributed by atoms with E-state index in [4.69, 9.17) is 25.5 Å². The molecule has 0 fully saturated rings. The Morgan fingerprint density at radius 2 is 1.92 bits per heavy atom. The maximum absolute atomic E-state index is 13.8. The highest BCUT2D eigenvalue weighted by Crippen LogP contribution is 2.43. The number of anilines is 1. The molecule has 0 spiro atoms. The third-order valence-electron chi connectivity index (χ3n) is 5.95. The van der Waals surface area contributed by atoms with Gasteiger partial charge in [-0.15, -0.1) is 0 Å². The first-order valence-electron chi connectivity index (χ1n) is 11.8. The zero-order valence-corrected chi connectivity index (χ0v) is 21.9. The molecule has 0 aliphatic carbocycles. The number of carbonyl (C=O) groups is 2. The van der Waals surface area contributed by atoms with Gasteiger partial charge in [0.05, 0.1) is 35.9 Å². The number of fused-ring (bicyclic) bond motifs is 2. The number of hydrogen-bond donors (Lipinski definition) is 0. The maximum atomic E-state index is 13.8. The number of ether oxygens (including phenoxy) is 2. The van der Waals surface area contributed by atoms with E-state index in [1.165, 1.54) is 11.0 Å². The summed E-state index contributed by atoms with van der Waals surface area (Å²) in [6.07, 6.45) is 0.864. The molecule has 37 heavy (non-hydrogen) atoms. The van der Waals surface area contributed by atoms with Gasteiger partial charge >= 0.3 is 5.97 Å². The van der Waals surface area contributed by atoms with E-state index in [0.717, 1.165) is 17.8 Å². The van der Waals surface area contributed by atoms with Gasteiger partial charge in [-0.25, -0.2) is 9.78 Å². The smallest absolute Gasteiger partial charge is 0.350 e. The van der Waals surface area contributed by atoms with E-state index in [-0.39, 0.29) is 39.5 Å². The van der Waals surface area contributed by atoms with Crippen molar-refractivity contribution in [2.45, 2.75) is 33.2 Å². The number of rotatable bonds is 7. The summed E-state index contributed by atoms with van der Waals surface area (Å²) >= 11 is 7.19. The van der Waals surface area contributed by atoms with Crippen LogP contribution in [0.4, 0.5) is 5.13 Å². The fourth-order valence-electron chi connectivity index (χ4n) is 4.30. The van der Waals surface area contributed by atoms with Crippen LogP contribution < -0.4 is 15.1 Å². The number of thiazole rings is 1. The van der Waals surface area contributed by atoms with Crippen LogP contribution in [0.3, 0.4) is 0 Å². The molecule has 2 aromatic heterocycles. The zero-order chi connectivity index (χ0) is 26.3. The van der Waals surface area contributed by atoms with Crippen LogP contribution in [0.15, 0.2) is 51.7 Å². The Labute approximate surface area is 221 Å². The van der Waals surface area contributed by atoms with Gasteiger partial charge in [0.25, 0.3) is 5.91 Å². The average molecular weight is 539 g/mol. The van der Waals surface area contributed by atoms with Gasteiger partial charge in [0.1, 0.15) is 16.2 Å². The van der Waals surface area contributed by atoms with Crippen LogP contribution in [0.5, 0.6) is 5.75 Å². The van der Waals surface area contributed by atoms with Crippen molar-refractivity contribution in [2.75, 3.05) is 18.1 Å². The predicted molar refractivity (Wildman–Crippen MR) is 141 cm³/mol. The molecule has 3 heterocycles. The first kappa shape index (κ1) is 25.0. The Kier molecular flexibility index (Phi) is 6.74. The summed E-state index contributed by atoms with van der Waals surface area (Å²) in [6.45, 7) is 6.19. The molecule has 1 unspecified atom stereocenters. The molecule has 0 saturated carbocycles. The predicted octanol–water partition coefficient (Wildman–Crippen LogP) is 5.93. The molecule has 1 amide bonds. The minimum atomic E-state index is -0.831. The minimum Gasteiger partial charge on any atom is -0.494 e. The normalized spacial score (nSPS) is 14.8. The first-order valence-corrected chi connectivity index (χ1v) is 13.0. The van der Waals surface area contributed by atoms with Gasteiger partial charge in [-0.05, 0) is 56.2 Å². The minimum absolute atomic E-state index is 0.0679. The highest BCUT2D eigenvalue weighted by molar-refractivity contribution is 7.17. The van der Waals surface area contributed by atoms with Crippen LogP contribution in [0.2, 0.25) is 5.02 Å². The van der Waals surface area contributed by atoms with Crippen molar-refractivity contribution in [1.82, 2.24) is 4.98 Å². The molecule has 1 aliphatic rings. The van der Waals surface area contributed by atoms with Gasteiger partial charge in [0, 0.05) is 5.02 Å². The van der Waals surface area contributed by atoms with Crippen LogP contribution >= 0.6 is 22.9 Å². The molecule has 5 rings (SSSR count). The van der Waals surface area contributed by atoms with E-state index in [1.54, 1.807) is 50.2 Å². The Morgan fingerprint density at radius 1 is 1.16 bits per heavy atom. The molecule has 2 aromatic carbocycles. The molecule has 1 aliphatic heterocycles. The third kappa shape index (κ3) is 4.38. The van der Waals surface area contributed by atoms with E-state index >= 15 is 0 Å². The van der Waals surface area contributed by atoms with Crippen LogP contribution in [0.25, 0.3) is 11.0 Å². The molecule has 190 valence electrons. The summed E-state index contributed by atoms with van der Waals surface area (Å²) in [5, 5.41) is 0.913. The van der Waals surface area contributed by atoms with E-state index in [2.05, 4.69) is 4.98 Å². The van der Waals surface area contributed by atoms with Crippen LogP contribution in [-0.2, 0) is 4.74 Å². The first-order chi connectivity index (χ1) is 17.8. The maximum Gasteiger partial charge on any atom is 0.350 e. The Bertz CT molecular complexity index is 1580. The number of esters is 1. The highest BCUT2D eigenvalue weighted by Gasteiger charge is 2.45. The lowest BCUT2D eigenvalue weighted by Gasteiger charge is -2.22. The van der Waals surface area contributed by atoms with Gasteiger partial charge in [0.15, 0.2) is 10.6 Å². The second kappa shape index (κ2) is 9.99. The van der Waals surface area contributed by atoms with Crippen LogP contribution in [-0.4, -0.2) is 30.1 Å². The molecular formula is C27H23ClN2O6S. The summed E-state index contributed by atoms with van der Waals surface area (Å²) < 4.78 is 16.8. The topological polar surface area (TPSA) is 98.9 Å². The van der Waals surface area contributed by atoms with Crippen molar-refractivity contribution in [3.8, 4) is 5.75 Å². The van der Waals surface area contributed by atoms with Gasteiger partial charge in [-0.1, -0.05) is 42.0 Å². The summed E-state index contributed by atoms with van der Waals surface area (Å²) in [5.74, 6) is -0.434. The van der Waals surface area contributed by atoms with Gasteiger partial charge in [0.2, 0.25) is 5.76 Å². The second-order valence-corrected chi connectivity index (χ2v) is 9.86. The standard InChI is InChI=1S/C27H23ClN2O6S/c1-4-12-35-17-9-6-15(7-10-17)21-20-22(31)18-13-16(28)8-11-19(18)36-23(20)25(32)30(21)27-29-14(3)24(37-27)26(33)34-5-2/h6-11,13,21H,4-5,12H2,1-3H3. The molecule has 1 atom stereocenters. The van der Waals surface area contributed by atoms with Crippen molar-refractivity contribution >= 4 is 50.9 Å².